The maximum Gasteiger partial charge on any atom is 0.252 e. The molecule has 0 saturated heterocycles. The van der Waals surface area contributed by atoms with Gasteiger partial charge in [0.05, 0.1) is 26.8 Å². The molecule has 2 heterocycles. The van der Waals surface area contributed by atoms with Crippen molar-refractivity contribution in [1.82, 2.24) is 30.1 Å². The summed E-state index contributed by atoms with van der Waals surface area (Å²) in [7, 11) is 3.24. The summed E-state index contributed by atoms with van der Waals surface area (Å²) in [6.07, 6.45) is 1.40. The number of aromatic amines is 1. The van der Waals surface area contributed by atoms with Crippen molar-refractivity contribution in [2.75, 3.05) is 20.8 Å². The van der Waals surface area contributed by atoms with Crippen molar-refractivity contribution in [1.29, 1.82) is 0 Å². The number of rotatable bonds is 12. The molecule has 0 fully saturated rings. The Morgan fingerprint density at radius 1 is 0.976 bits per heavy atom. The Morgan fingerprint density at radius 2 is 1.74 bits per heavy atom. The van der Waals surface area contributed by atoms with E-state index in [-0.39, 0.29) is 17.4 Å². The first-order valence-electron chi connectivity index (χ1n) is 14.0. The van der Waals surface area contributed by atoms with Gasteiger partial charge in [-0.15, -0.1) is 5.10 Å². The second-order valence-corrected chi connectivity index (χ2v) is 10.4. The molecule has 42 heavy (non-hydrogen) atoms. The van der Waals surface area contributed by atoms with Crippen LogP contribution in [0.25, 0.3) is 10.9 Å². The predicted molar refractivity (Wildman–Crippen MR) is 159 cm³/mol. The number of hydrogen-bond acceptors (Lipinski definition) is 7. The van der Waals surface area contributed by atoms with E-state index >= 15 is 0 Å². The third kappa shape index (κ3) is 6.49. The van der Waals surface area contributed by atoms with Gasteiger partial charge in [-0.2, -0.15) is 0 Å². The number of aryl methyl sites for hydroxylation is 1. The number of H-pyrrole nitrogens is 1. The van der Waals surface area contributed by atoms with Crippen molar-refractivity contribution in [3.05, 3.63) is 111 Å². The Morgan fingerprint density at radius 3 is 2.48 bits per heavy atom. The van der Waals surface area contributed by atoms with Gasteiger partial charge in [0.2, 0.25) is 0 Å². The molecule has 0 spiro atoms. The summed E-state index contributed by atoms with van der Waals surface area (Å²) in [5.74, 6) is 1.72. The first-order chi connectivity index (χ1) is 20.4. The molecular formula is C32H35FN6O3. The third-order valence-corrected chi connectivity index (χ3v) is 7.52. The number of ether oxygens (including phenoxy) is 2. The molecule has 1 N–H and O–H groups in total. The van der Waals surface area contributed by atoms with Gasteiger partial charge in [-0.1, -0.05) is 37.3 Å². The molecule has 5 aromatic rings. The van der Waals surface area contributed by atoms with Crippen LogP contribution in [0.15, 0.2) is 71.5 Å². The molecule has 9 nitrogen and oxygen atoms in total. The molecule has 1 atom stereocenters. The molecule has 3 aromatic carbocycles. The minimum Gasteiger partial charge on any atom is -0.493 e. The molecule has 5 rings (SSSR count). The van der Waals surface area contributed by atoms with Crippen LogP contribution in [0.2, 0.25) is 0 Å². The monoisotopic (exact) mass is 570 g/mol. The van der Waals surface area contributed by atoms with Gasteiger partial charge in [0.1, 0.15) is 5.82 Å². The molecule has 0 saturated carbocycles. The molecule has 0 aliphatic heterocycles. The highest BCUT2D eigenvalue weighted by molar-refractivity contribution is 5.79. The number of methoxy groups -OCH3 is 2. The predicted octanol–water partition coefficient (Wildman–Crippen LogP) is 5.22. The Bertz CT molecular complexity index is 1720. The summed E-state index contributed by atoms with van der Waals surface area (Å²) in [5, 5.41) is 13.6. The van der Waals surface area contributed by atoms with Crippen molar-refractivity contribution in [3.63, 3.8) is 0 Å². The van der Waals surface area contributed by atoms with Crippen LogP contribution in [0.5, 0.6) is 11.5 Å². The van der Waals surface area contributed by atoms with Crippen LogP contribution in [-0.2, 0) is 19.5 Å². The van der Waals surface area contributed by atoms with Crippen LogP contribution in [0.3, 0.4) is 0 Å². The molecular weight excluding hydrogens is 535 g/mol. The smallest absolute Gasteiger partial charge is 0.252 e. The number of benzene rings is 3. The molecule has 0 aliphatic carbocycles. The van der Waals surface area contributed by atoms with Crippen molar-refractivity contribution >= 4 is 10.9 Å². The molecule has 0 aliphatic rings. The van der Waals surface area contributed by atoms with Gasteiger partial charge in [0.25, 0.3) is 5.56 Å². The van der Waals surface area contributed by atoms with Crippen LogP contribution in [0.4, 0.5) is 4.39 Å². The number of hydrogen-bond donors (Lipinski definition) is 1. The second kappa shape index (κ2) is 12.9. The molecule has 0 bridgehead atoms. The summed E-state index contributed by atoms with van der Waals surface area (Å²) < 4.78 is 26.2. The Hall–Kier alpha value is -4.57. The van der Waals surface area contributed by atoms with Gasteiger partial charge in [0.15, 0.2) is 17.3 Å². The van der Waals surface area contributed by atoms with Gasteiger partial charge in [0, 0.05) is 24.2 Å². The summed E-state index contributed by atoms with van der Waals surface area (Å²) in [6.45, 7) is 5.51. The van der Waals surface area contributed by atoms with Crippen molar-refractivity contribution in [3.8, 4) is 11.5 Å². The molecule has 0 radical (unpaired) electrons. The topological polar surface area (TPSA) is 98.2 Å². The quantitative estimate of drug-likeness (QED) is 0.220. The van der Waals surface area contributed by atoms with Crippen molar-refractivity contribution in [2.45, 2.75) is 45.8 Å². The van der Waals surface area contributed by atoms with Gasteiger partial charge >= 0.3 is 0 Å². The lowest BCUT2D eigenvalue weighted by Crippen LogP contribution is -2.34. The number of tetrazole rings is 1. The zero-order valence-electron chi connectivity index (χ0n) is 24.3. The average molecular weight is 571 g/mol. The molecule has 10 heteroatoms. The Kier molecular flexibility index (Phi) is 8.92. The van der Waals surface area contributed by atoms with Gasteiger partial charge in [-0.25, -0.2) is 9.07 Å². The maximum absolute atomic E-state index is 13.5. The minimum absolute atomic E-state index is 0.120. The SMILES string of the molecule is CC[C@H](c1nnnn1Cc1ccc(F)cc1)N(CCc1ccc(OC)c(OC)c1)Cc1cc2ccc(C)cc2[nH]c1=O. The Balaban J connectivity index is 1.48. The summed E-state index contributed by atoms with van der Waals surface area (Å²) >= 11 is 0. The standard InChI is InChI=1S/C32H35FN6O3/c1-5-28(31-35-36-37-39(31)19-23-7-11-26(33)12-8-23)38(15-14-22-9-13-29(41-3)30(17-22)42-4)20-25-18-24-10-6-21(2)16-27(24)34-32(25)40/h6-13,16-18,28H,5,14-15,19-20H2,1-4H3,(H,34,40)/t28-/m1/s1. The lowest BCUT2D eigenvalue weighted by atomic mass is 10.1. The first-order valence-corrected chi connectivity index (χ1v) is 14.0. The summed E-state index contributed by atoms with van der Waals surface area (Å²) in [4.78, 5) is 18.6. The van der Waals surface area contributed by atoms with Gasteiger partial charge < -0.3 is 14.5 Å². The van der Waals surface area contributed by atoms with E-state index in [2.05, 4.69) is 32.3 Å². The number of pyridine rings is 1. The van der Waals surface area contributed by atoms with Crippen molar-refractivity contribution < 1.29 is 13.9 Å². The van der Waals surface area contributed by atoms with E-state index in [9.17, 15) is 9.18 Å². The van der Waals surface area contributed by atoms with Gasteiger partial charge in [-0.05, 0) is 88.7 Å². The van der Waals surface area contributed by atoms with Crippen LogP contribution < -0.4 is 15.0 Å². The minimum atomic E-state index is -0.292. The zero-order chi connectivity index (χ0) is 29.6. The van der Waals surface area contributed by atoms with Crippen molar-refractivity contribution in [2.24, 2.45) is 0 Å². The highest BCUT2D eigenvalue weighted by atomic mass is 19.1. The molecule has 2 aromatic heterocycles. The van der Waals surface area contributed by atoms with E-state index in [1.807, 2.05) is 49.4 Å². The van der Waals surface area contributed by atoms with E-state index in [1.54, 1.807) is 31.0 Å². The average Bonchev–Trinajstić information content (AvgIpc) is 3.45. The zero-order valence-corrected chi connectivity index (χ0v) is 24.3. The number of nitrogens with zero attached hydrogens (tertiary/aromatic N) is 5. The molecule has 0 unspecified atom stereocenters. The van der Waals surface area contributed by atoms with E-state index in [0.717, 1.165) is 27.6 Å². The van der Waals surface area contributed by atoms with E-state index < -0.39 is 0 Å². The maximum atomic E-state index is 13.5. The fraction of sp³-hybridized carbons (Fsp3) is 0.312. The highest BCUT2D eigenvalue weighted by Gasteiger charge is 2.26. The van der Waals surface area contributed by atoms with E-state index in [0.29, 0.717) is 55.4 Å². The van der Waals surface area contributed by atoms with Gasteiger partial charge in [-0.3, -0.25) is 9.69 Å². The lowest BCUT2D eigenvalue weighted by molar-refractivity contribution is 0.172. The lowest BCUT2D eigenvalue weighted by Gasteiger charge is -2.30. The van der Waals surface area contributed by atoms with Crippen LogP contribution >= 0.6 is 0 Å². The fourth-order valence-electron chi connectivity index (χ4n) is 5.28. The molecule has 0 amide bonds. The second-order valence-electron chi connectivity index (χ2n) is 10.4. The van der Waals surface area contributed by atoms with Crippen LogP contribution in [0.1, 0.15) is 47.5 Å². The fourth-order valence-corrected chi connectivity index (χ4v) is 5.28. The normalized spacial score (nSPS) is 12.1. The number of halogens is 1. The third-order valence-electron chi connectivity index (χ3n) is 7.52. The van der Waals surface area contributed by atoms with Crippen LogP contribution in [-0.4, -0.2) is 50.9 Å². The molecule has 218 valence electrons. The summed E-state index contributed by atoms with van der Waals surface area (Å²) in [5.41, 5.74) is 4.40. The highest BCUT2D eigenvalue weighted by Crippen LogP contribution is 2.29. The number of fused-ring (bicyclic) bond motifs is 1. The summed E-state index contributed by atoms with van der Waals surface area (Å²) in [6, 6.07) is 20.0. The van der Waals surface area contributed by atoms with E-state index in [4.69, 9.17) is 9.47 Å². The Labute approximate surface area is 243 Å². The largest absolute Gasteiger partial charge is 0.493 e. The number of nitrogens with one attached hydrogen (secondary N) is 1. The van der Waals surface area contributed by atoms with E-state index in [1.165, 1.54) is 12.1 Å². The first kappa shape index (κ1) is 28.9. The number of aromatic nitrogens is 5. The van der Waals surface area contributed by atoms with Crippen LogP contribution in [0, 0.1) is 12.7 Å².